The minimum atomic E-state index is -0.160. The number of aromatic nitrogens is 1. The van der Waals surface area contributed by atoms with Crippen molar-refractivity contribution in [1.29, 1.82) is 0 Å². The van der Waals surface area contributed by atoms with Crippen molar-refractivity contribution < 1.29 is 4.79 Å². The summed E-state index contributed by atoms with van der Waals surface area (Å²) in [6.07, 6.45) is 6.79. The first-order valence-corrected chi connectivity index (χ1v) is 8.76. The van der Waals surface area contributed by atoms with Gasteiger partial charge in [0.25, 0.3) is 0 Å². The minimum absolute atomic E-state index is 0. The maximum atomic E-state index is 12.0. The molecule has 7 heteroatoms. The molecule has 1 heterocycles. The Bertz CT molecular complexity index is 507. The zero-order valence-corrected chi connectivity index (χ0v) is 18.0. The van der Waals surface area contributed by atoms with Crippen LogP contribution >= 0.6 is 24.0 Å². The number of carbonyl (C=O) groups is 1. The van der Waals surface area contributed by atoms with Gasteiger partial charge >= 0.3 is 0 Å². The second kappa shape index (κ2) is 13.9. The van der Waals surface area contributed by atoms with Crippen molar-refractivity contribution in [3.05, 3.63) is 24.5 Å². The molecule has 1 unspecified atom stereocenters. The Morgan fingerprint density at radius 3 is 2.64 bits per heavy atom. The molecule has 1 aromatic rings. The highest BCUT2D eigenvalue weighted by Crippen LogP contribution is 2.08. The van der Waals surface area contributed by atoms with Crippen molar-refractivity contribution in [3.63, 3.8) is 0 Å². The van der Waals surface area contributed by atoms with Gasteiger partial charge in [-0.3, -0.25) is 9.78 Å². The van der Waals surface area contributed by atoms with Crippen LogP contribution in [-0.2, 0) is 4.79 Å². The molecule has 0 spiro atoms. The number of nitrogens with zero attached hydrogens (tertiary/aromatic N) is 2. The molecule has 1 atom stereocenters. The van der Waals surface area contributed by atoms with Crippen LogP contribution in [0.25, 0.3) is 0 Å². The lowest BCUT2D eigenvalue weighted by atomic mass is 10.0. The molecule has 1 rings (SSSR count). The summed E-state index contributed by atoms with van der Waals surface area (Å²) in [5, 5.41) is 9.31. The topological polar surface area (TPSA) is 78.4 Å². The lowest BCUT2D eigenvalue weighted by molar-refractivity contribution is -0.114. The Hall–Kier alpha value is -1.38. The van der Waals surface area contributed by atoms with E-state index >= 15 is 0 Å². The third-order valence-corrected chi connectivity index (χ3v) is 3.47. The monoisotopic (exact) mass is 461 g/mol. The first-order chi connectivity index (χ1) is 11.5. The molecule has 0 aromatic carbocycles. The number of hydrogen-bond acceptors (Lipinski definition) is 3. The van der Waals surface area contributed by atoms with Gasteiger partial charge in [0.2, 0.25) is 5.91 Å². The van der Waals surface area contributed by atoms with Gasteiger partial charge in [0.1, 0.15) is 6.54 Å². The lowest BCUT2D eigenvalue weighted by Gasteiger charge is -2.18. The van der Waals surface area contributed by atoms with Crippen LogP contribution in [0.15, 0.2) is 29.5 Å². The molecular weight excluding hydrogens is 429 g/mol. The average Bonchev–Trinajstić information content (AvgIpc) is 2.53. The Morgan fingerprint density at radius 1 is 1.28 bits per heavy atom. The number of aliphatic imine (C=N–C) groups is 1. The number of nitrogens with one attached hydrogen (secondary N) is 3. The number of halogens is 1. The van der Waals surface area contributed by atoms with E-state index in [1.807, 2.05) is 6.92 Å². The maximum Gasteiger partial charge on any atom is 0.246 e. The van der Waals surface area contributed by atoms with Crippen LogP contribution < -0.4 is 16.0 Å². The van der Waals surface area contributed by atoms with E-state index in [0.717, 1.165) is 18.9 Å². The third-order valence-electron chi connectivity index (χ3n) is 3.47. The number of pyridine rings is 1. The highest BCUT2D eigenvalue weighted by atomic mass is 127. The summed E-state index contributed by atoms with van der Waals surface area (Å²) in [6.45, 7) is 9.46. The Balaban J connectivity index is 0.00000576. The number of guanidine groups is 1. The van der Waals surface area contributed by atoms with E-state index in [-0.39, 0.29) is 36.4 Å². The zero-order chi connectivity index (χ0) is 17.8. The molecule has 0 bridgehead atoms. The summed E-state index contributed by atoms with van der Waals surface area (Å²) in [5.41, 5.74) is 0.678. The molecule has 0 aliphatic rings. The van der Waals surface area contributed by atoms with Gasteiger partial charge < -0.3 is 16.0 Å². The molecule has 1 aromatic heterocycles. The van der Waals surface area contributed by atoms with Crippen LogP contribution in [-0.4, -0.2) is 36.0 Å². The standard InChI is InChI=1S/C18H31N5O.HI/c1-5-20-18(22-15(4)9-6-8-14(2)3)21-13-17(24)23-16-10-7-11-19-12-16;/h7,10-12,14-15H,5-6,8-9,13H2,1-4H3,(H,23,24)(H2,20,21,22);1H. The van der Waals surface area contributed by atoms with Crippen molar-refractivity contribution in [2.24, 2.45) is 10.9 Å². The fourth-order valence-corrected chi connectivity index (χ4v) is 2.25. The largest absolute Gasteiger partial charge is 0.357 e. The molecule has 0 saturated heterocycles. The van der Waals surface area contributed by atoms with Gasteiger partial charge in [-0.1, -0.05) is 26.7 Å². The van der Waals surface area contributed by atoms with E-state index < -0.39 is 0 Å². The molecule has 25 heavy (non-hydrogen) atoms. The van der Waals surface area contributed by atoms with E-state index in [1.165, 1.54) is 12.8 Å². The van der Waals surface area contributed by atoms with Crippen molar-refractivity contribution in [2.75, 3.05) is 18.4 Å². The van der Waals surface area contributed by atoms with E-state index in [2.05, 4.69) is 46.7 Å². The summed E-state index contributed by atoms with van der Waals surface area (Å²) in [4.78, 5) is 20.3. The molecule has 0 radical (unpaired) electrons. The molecule has 0 saturated carbocycles. The minimum Gasteiger partial charge on any atom is -0.357 e. The molecule has 0 aliphatic heterocycles. The Morgan fingerprint density at radius 2 is 2.04 bits per heavy atom. The highest BCUT2D eigenvalue weighted by molar-refractivity contribution is 14.0. The van der Waals surface area contributed by atoms with Crippen molar-refractivity contribution >= 4 is 41.5 Å². The summed E-state index contributed by atoms with van der Waals surface area (Å²) in [6, 6.07) is 3.90. The predicted molar refractivity (Wildman–Crippen MR) is 116 cm³/mol. The predicted octanol–water partition coefficient (Wildman–Crippen LogP) is 3.41. The molecule has 0 aliphatic carbocycles. The van der Waals surface area contributed by atoms with Gasteiger partial charge in [0.05, 0.1) is 11.9 Å². The first-order valence-electron chi connectivity index (χ1n) is 8.76. The molecule has 1 amide bonds. The van der Waals surface area contributed by atoms with Crippen LogP contribution in [0.4, 0.5) is 5.69 Å². The summed E-state index contributed by atoms with van der Waals surface area (Å²) in [5.74, 6) is 1.25. The van der Waals surface area contributed by atoms with Crippen LogP contribution in [0.2, 0.25) is 0 Å². The van der Waals surface area contributed by atoms with Gasteiger partial charge in [-0.05, 0) is 38.3 Å². The molecule has 142 valence electrons. The number of carbonyl (C=O) groups excluding carboxylic acids is 1. The third kappa shape index (κ3) is 11.7. The Labute approximate surface area is 168 Å². The van der Waals surface area contributed by atoms with Crippen molar-refractivity contribution in [3.8, 4) is 0 Å². The van der Waals surface area contributed by atoms with Crippen molar-refractivity contribution in [1.82, 2.24) is 15.6 Å². The molecular formula is C18H32IN5O. The smallest absolute Gasteiger partial charge is 0.246 e. The summed E-state index contributed by atoms with van der Waals surface area (Å²) < 4.78 is 0. The molecule has 6 nitrogen and oxygen atoms in total. The van der Waals surface area contributed by atoms with Gasteiger partial charge in [-0.15, -0.1) is 24.0 Å². The average molecular weight is 461 g/mol. The SMILES string of the molecule is CCNC(=NCC(=O)Nc1cccnc1)NC(C)CCCC(C)C.I. The number of anilines is 1. The van der Waals surface area contributed by atoms with Gasteiger partial charge in [0.15, 0.2) is 5.96 Å². The van der Waals surface area contributed by atoms with Gasteiger partial charge in [-0.2, -0.15) is 0 Å². The van der Waals surface area contributed by atoms with Crippen LogP contribution in [0, 0.1) is 5.92 Å². The molecule has 0 fully saturated rings. The van der Waals surface area contributed by atoms with Crippen LogP contribution in [0.1, 0.15) is 47.0 Å². The van der Waals surface area contributed by atoms with E-state index in [9.17, 15) is 4.79 Å². The lowest BCUT2D eigenvalue weighted by Crippen LogP contribution is -2.42. The normalized spacial score (nSPS) is 12.3. The fourth-order valence-electron chi connectivity index (χ4n) is 2.25. The highest BCUT2D eigenvalue weighted by Gasteiger charge is 2.07. The van der Waals surface area contributed by atoms with Crippen molar-refractivity contribution in [2.45, 2.75) is 53.0 Å². The quantitative estimate of drug-likeness (QED) is 0.299. The Kier molecular flexibility index (Phi) is 13.1. The molecule has 3 N–H and O–H groups in total. The number of amides is 1. The van der Waals surface area contributed by atoms with E-state index in [4.69, 9.17) is 0 Å². The number of hydrogen-bond donors (Lipinski definition) is 3. The van der Waals surface area contributed by atoms with Crippen LogP contribution in [0.3, 0.4) is 0 Å². The first kappa shape index (κ1) is 23.6. The maximum absolute atomic E-state index is 12.0. The second-order valence-corrected chi connectivity index (χ2v) is 6.36. The zero-order valence-electron chi connectivity index (χ0n) is 15.7. The van der Waals surface area contributed by atoms with Crippen LogP contribution in [0.5, 0.6) is 0 Å². The van der Waals surface area contributed by atoms with Gasteiger partial charge in [-0.25, -0.2) is 4.99 Å². The summed E-state index contributed by atoms with van der Waals surface area (Å²) >= 11 is 0. The number of rotatable bonds is 9. The van der Waals surface area contributed by atoms with Gasteiger partial charge in [0, 0.05) is 18.8 Å². The van der Waals surface area contributed by atoms with E-state index in [1.54, 1.807) is 24.5 Å². The summed E-state index contributed by atoms with van der Waals surface area (Å²) in [7, 11) is 0. The second-order valence-electron chi connectivity index (χ2n) is 6.36. The van der Waals surface area contributed by atoms with E-state index in [0.29, 0.717) is 17.7 Å². The fraction of sp³-hybridized carbons (Fsp3) is 0.611.